The second-order valence-corrected chi connectivity index (χ2v) is 6.61. The van der Waals surface area contributed by atoms with Crippen LogP contribution in [0, 0.1) is 0 Å². The number of fused-ring (bicyclic) bond motifs is 1. The molecule has 4 aromatic rings. The lowest BCUT2D eigenvalue weighted by Gasteiger charge is -2.08. The molecule has 11 nitrogen and oxygen atoms in total. The van der Waals surface area contributed by atoms with Gasteiger partial charge in [-0.25, -0.2) is 4.79 Å². The van der Waals surface area contributed by atoms with Gasteiger partial charge in [0.25, 0.3) is 0 Å². The van der Waals surface area contributed by atoms with E-state index in [0.717, 1.165) is 18.2 Å². The van der Waals surface area contributed by atoms with Crippen molar-refractivity contribution in [1.29, 1.82) is 0 Å². The van der Waals surface area contributed by atoms with E-state index in [1.54, 1.807) is 30.3 Å². The van der Waals surface area contributed by atoms with Gasteiger partial charge in [0.05, 0.1) is 5.56 Å². The van der Waals surface area contributed by atoms with E-state index in [-0.39, 0.29) is 16.9 Å². The Hall–Kier alpha value is -5.06. The number of carboxylic acids is 1. The molecule has 170 valence electrons. The van der Waals surface area contributed by atoms with Crippen LogP contribution in [0.25, 0.3) is 22.3 Å². The summed E-state index contributed by atoms with van der Waals surface area (Å²) in [5.41, 5.74) is -0.879. The van der Waals surface area contributed by atoms with Crippen LogP contribution < -0.4 is 5.43 Å². The Bertz CT molecular complexity index is 1400. The lowest BCUT2D eigenvalue weighted by Crippen LogP contribution is -2.03. The van der Waals surface area contributed by atoms with Crippen molar-refractivity contribution in [2.24, 2.45) is 0 Å². The molecule has 0 amide bonds. The molecular formula is C22H16O11. The molecule has 0 aliphatic heterocycles. The minimum absolute atomic E-state index is 0.0856. The van der Waals surface area contributed by atoms with Gasteiger partial charge >= 0.3 is 5.97 Å². The minimum atomic E-state index is -1.29. The van der Waals surface area contributed by atoms with E-state index >= 15 is 0 Å². The van der Waals surface area contributed by atoms with Crippen molar-refractivity contribution in [1.82, 2.24) is 0 Å². The van der Waals surface area contributed by atoms with Gasteiger partial charge in [-0.3, -0.25) is 4.79 Å². The number of hydrogen-bond donors (Lipinski definition) is 8. The van der Waals surface area contributed by atoms with Crippen LogP contribution >= 0.6 is 0 Å². The smallest absolute Gasteiger partial charge is 0.335 e. The van der Waals surface area contributed by atoms with Crippen LogP contribution in [0.15, 0.2) is 57.7 Å². The third kappa shape index (κ3) is 4.23. The van der Waals surface area contributed by atoms with Gasteiger partial charge in [-0.2, -0.15) is 0 Å². The van der Waals surface area contributed by atoms with Gasteiger partial charge < -0.3 is 45.3 Å². The molecule has 0 aliphatic carbocycles. The van der Waals surface area contributed by atoms with Gasteiger partial charge in [-0.15, -0.1) is 0 Å². The van der Waals surface area contributed by atoms with Crippen LogP contribution in [0.2, 0.25) is 0 Å². The highest BCUT2D eigenvalue weighted by Gasteiger charge is 2.21. The maximum atomic E-state index is 12.1. The van der Waals surface area contributed by atoms with Crippen molar-refractivity contribution in [3.8, 4) is 51.6 Å². The highest BCUT2D eigenvalue weighted by atomic mass is 16.4. The number of phenols is 6. The first-order chi connectivity index (χ1) is 15.5. The molecule has 1 heterocycles. The second kappa shape index (κ2) is 8.59. The summed E-state index contributed by atoms with van der Waals surface area (Å²) in [5, 5.41) is 73.2. The molecule has 0 unspecified atom stereocenters. The molecule has 3 aromatic carbocycles. The topological polar surface area (TPSA) is 209 Å². The predicted molar refractivity (Wildman–Crippen MR) is 113 cm³/mol. The number of benzene rings is 3. The molecule has 0 bridgehead atoms. The van der Waals surface area contributed by atoms with Crippen molar-refractivity contribution in [3.05, 3.63) is 64.3 Å². The van der Waals surface area contributed by atoms with E-state index in [1.807, 2.05) is 0 Å². The maximum Gasteiger partial charge on any atom is 0.335 e. The zero-order valence-electron chi connectivity index (χ0n) is 16.4. The highest BCUT2D eigenvalue weighted by Crippen LogP contribution is 2.42. The molecule has 4 rings (SSSR count). The Labute approximate surface area is 183 Å². The summed E-state index contributed by atoms with van der Waals surface area (Å²) < 4.78 is 5.40. The molecule has 0 radical (unpaired) electrons. The molecule has 8 N–H and O–H groups in total. The van der Waals surface area contributed by atoms with Gasteiger partial charge in [-0.1, -0.05) is 30.3 Å². The van der Waals surface area contributed by atoms with Crippen molar-refractivity contribution in [2.75, 3.05) is 0 Å². The van der Waals surface area contributed by atoms with E-state index in [2.05, 4.69) is 0 Å². The standard InChI is InChI=1S/C15H10O6.C7H6O5/c16-8-6-9-10(12(18)11(8)17)13(19)14(20)15(21-9)7-4-2-1-3-5-7;8-4-1-3(7(11)12)2-5(9)6(4)10/h1-6,16-18,20H;1-2,8-10H,(H,11,12). The highest BCUT2D eigenvalue weighted by molar-refractivity contribution is 5.91. The predicted octanol–water partition coefficient (Wildman–Crippen LogP) is 2.78. The third-order valence-electron chi connectivity index (χ3n) is 4.44. The van der Waals surface area contributed by atoms with Gasteiger partial charge in [0.2, 0.25) is 16.9 Å². The average Bonchev–Trinajstić information content (AvgIpc) is 2.78. The first-order valence-corrected chi connectivity index (χ1v) is 9.00. The first kappa shape index (κ1) is 22.6. The fraction of sp³-hybridized carbons (Fsp3) is 0. The molecule has 1 aromatic heterocycles. The Morgan fingerprint density at radius 3 is 1.79 bits per heavy atom. The summed E-state index contributed by atoms with van der Waals surface area (Å²) in [4.78, 5) is 22.5. The minimum Gasteiger partial charge on any atom is -0.504 e. The van der Waals surface area contributed by atoms with Crippen LogP contribution in [-0.4, -0.2) is 46.8 Å². The molecule has 0 atom stereocenters. The monoisotopic (exact) mass is 456 g/mol. The Kier molecular flexibility index (Phi) is 5.89. The van der Waals surface area contributed by atoms with Crippen molar-refractivity contribution < 1.29 is 50.1 Å². The van der Waals surface area contributed by atoms with E-state index in [9.17, 15) is 30.0 Å². The van der Waals surface area contributed by atoms with E-state index < -0.39 is 57.0 Å². The lowest BCUT2D eigenvalue weighted by molar-refractivity contribution is 0.0695. The number of rotatable bonds is 2. The zero-order chi connectivity index (χ0) is 24.4. The molecule has 0 saturated carbocycles. The lowest BCUT2D eigenvalue weighted by atomic mass is 10.1. The zero-order valence-corrected chi connectivity index (χ0v) is 16.4. The molecule has 0 saturated heterocycles. The maximum absolute atomic E-state index is 12.1. The van der Waals surface area contributed by atoms with Crippen LogP contribution in [-0.2, 0) is 0 Å². The number of hydrogen-bond acceptors (Lipinski definition) is 10. The summed E-state index contributed by atoms with van der Waals surface area (Å²) in [6, 6.07) is 11.1. The third-order valence-corrected chi connectivity index (χ3v) is 4.44. The fourth-order valence-corrected chi connectivity index (χ4v) is 2.81. The molecular weight excluding hydrogens is 440 g/mol. The van der Waals surface area contributed by atoms with Crippen LogP contribution in [0.3, 0.4) is 0 Å². The molecule has 0 fully saturated rings. The van der Waals surface area contributed by atoms with Crippen molar-refractivity contribution in [3.63, 3.8) is 0 Å². The largest absolute Gasteiger partial charge is 0.504 e. The summed E-state index contributed by atoms with van der Waals surface area (Å²) in [6.07, 6.45) is 0. The fourth-order valence-electron chi connectivity index (χ4n) is 2.81. The number of carboxylic acid groups (broad SMARTS) is 1. The summed E-state index contributed by atoms with van der Waals surface area (Å²) >= 11 is 0. The Morgan fingerprint density at radius 1 is 0.697 bits per heavy atom. The average molecular weight is 456 g/mol. The van der Waals surface area contributed by atoms with Crippen molar-refractivity contribution >= 4 is 16.9 Å². The second-order valence-electron chi connectivity index (χ2n) is 6.61. The molecule has 11 heteroatoms. The van der Waals surface area contributed by atoms with Gasteiger partial charge in [0.1, 0.15) is 11.0 Å². The van der Waals surface area contributed by atoms with Crippen LogP contribution in [0.4, 0.5) is 0 Å². The SMILES string of the molecule is O=C(O)c1cc(O)c(O)c(O)c1.O=c1c(O)c(-c2ccccc2)oc2cc(O)c(O)c(O)c12. The van der Waals surface area contributed by atoms with Gasteiger partial charge in [-0.05, 0) is 12.1 Å². The van der Waals surface area contributed by atoms with E-state index in [4.69, 9.17) is 24.8 Å². The van der Waals surface area contributed by atoms with E-state index in [0.29, 0.717) is 5.56 Å². The first-order valence-electron chi connectivity index (χ1n) is 9.00. The van der Waals surface area contributed by atoms with Crippen LogP contribution in [0.5, 0.6) is 40.2 Å². The molecule has 0 aliphatic rings. The summed E-state index contributed by atoms with van der Waals surface area (Å²) in [7, 11) is 0. The number of carbonyl (C=O) groups is 1. The normalized spacial score (nSPS) is 10.4. The number of phenolic OH excluding ortho intramolecular Hbond substituents is 6. The molecule has 0 spiro atoms. The Morgan fingerprint density at radius 2 is 1.24 bits per heavy atom. The van der Waals surface area contributed by atoms with Crippen molar-refractivity contribution in [2.45, 2.75) is 0 Å². The number of aromatic carboxylic acids is 1. The van der Waals surface area contributed by atoms with Gasteiger partial charge in [0.15, 0.2) is 34.5 Å². The van der Waals surface area contributed by atoms with Gasteiger partial charge in [0, 0.05) is 11.6 Å². The van der Waals surface area contributed by atoms with Crippen LogP contribution in [0.1, 0.15) is 10.4 Å². The summed E-state index contributed by atoms with van der Waals surface area (Å²) in [6.45, 7) is 0. The quantitative estimate of drug-likeness (QED) is 0.206. The molecule has 33 heavy (non-hydrogen) atoms. The summed E-state index contributed by atoms with van der Waals surface area (Å²) in [5.74, 6) is -6.42. The number of aromatic hydroxyl groups is 7. The van der Waals surface area contributed by atoms with E-state index in [1.165, 1.54) is 0 Å². The Balaban J connectivity index is 0.000000218.